The van der Waals surface area contributed by atoms with E-state index < -0.39 is 11.4 Å². The third-order valence-corrected chi connectivity index (χ3v) is 3.12. The molecule has 4 heteroatoms. The van der Waals surface area contributed by atoms with Crippen LogP contribution in [0.1, 0.15) is 18.4 Å². The highest BCUT2D eigenvalue weighted by molar-refractivity contribution is 6.30. The van der Waals surface area contributed by atoms with Crippen LogP contribution in [-0.4, -0.2) is 16.2 Å². The Labute approximate surface area is 92.3 Å². The van der Waals surface area contributed by atoms with Crippen LogP contribution < -0.4 is 0 Å². The van der Waals surface area contributed by atoms with Crippen molar-refractivity contribution in [2.45, 2.75) is 19.3 Å². The molecule has 0 bridgehead atoms. The molecule has 0 atom stereocenters. The van der Waals surface area contributed by atoms with E-state index in [1.54, 1.807) is 12.1 Å². The Balaban J connectivity index is 2.21. The average molecular weight is 227 g/mol. The predicted molar refractivity (Wildman–Crippen MR) is 56.1 cm³/mol. The molecule has 0 saturated heterocycles. The zero-order chi connectivity index (χ0) is 11.1. The number of rotatable bonds is 3. The lowest BCUT2D eigenvalue weighted by atomic mass is 9.96. The predicted octanol–water partition coefficient (Wildman–Crippen LogP) is 2.45. The van der Waals surface area contributed by atoms with Gasteiger partial charge in [-0.05, 0) is 37.0 Å². The van der Waals surface area contributed by atoms with Gasteiger partial charge in [-0.3, -0.25) is 4.79 Å². The van der Waals surface area contributed by atoms with Gasteiger partial charge in [-0.1, -0.05) is 17.7 Å². The third kappa shape index (κ3) is 1.92. The number of carboxylic acid groups (broad SMARTS) is 1. The molecule has 0 unspecified atom stereocenters. The van der Waals surface area contributed by atoms with Gasteiger partial charge >= 0.3 is 5.97 Å². The number of benzene rings is 1. The molecule has 2 N–H and O–H groups in total. The van der Waals surface area contributed by atoms with E-state index in [4.69, 9.17) is 16.7 Å². The zero-order valence-electron chi connectivity index (χ0n) is 8.03. The van der Waals surface area contributed by atoms with E-state index in [1.165, 1.54) is 6.07 Å². The summed E-state index contributed by atoms with van der Waals surface area (Å²) >= 11 is 5.69. The summed E-state index contributed by atoms with van der Waals surface area (Å²) in [6.45, 7) is 0. The van der Waals surface area contributed by atoms with Crippen molar-refractivity contribution in [3.05, 3.63) is 28.8 Å². The maximum atomic E-state index is 11.0. The molecule has 3 nitrogen and oxygen atoms in total. The number of aromatic hydroxyl groups is 1. The Morgan fingerprint density at radius 3 is 2.60 bits per heavy atom. The Morgan fingerprint density at radius 1 is 1.47 bits per heavy atom. The summed E-state index contributed by atoms with van der Waals surface area (Å²) < 4.78 is 0. The number of hydrogen-bond acceptors (Lipinski definition) is 2. The molecule has 0 spiro atoms. The third-order valence-electron chi connectivity index (χ3n) is 2.88. The van der Waals surface area contributed by atoms with Gasteiger partial charge in [0.25, 0.3) is 0 Å². The van der Waals surface area contributed by atoms with Gasteiger partial charge in [0.2, 0.25) is 0 Å². The van der Waals surface area contributed by atoms with Gasteiger partial charge < -0.3 is 10.2 Å². The number of aliphatic carboxylic acids is 1. The zero-order valence-corrected chi connectivity index (χ0v) is 8.79. The summed E-state index contributed by atoms with van der Waals surface area (Å²) in [6.07, 6.45) is 1.75. The molecule has 0 heterocycles. The van der Waals surface area contributed by atoms with Crippen molar-refractivity contribution in [1.82, 2.24) is 0 Å². The molecule has 1 saturated carbocycles. The van der Waals surface area contributed by atoms with E-state index in [9.17, 15) is 9.90 Å². The quantitative estimate of drug-likeness (QED) is 0.833. The summed E-state index contributed by atoms with van der Waals surface area (Å²) in [7, 11) is 0. The van der Waals surface area contributed by atoms with E-state index in [0.29, 0.717) is 29.8 Å². The van der Waals surface area contributed by atoms with Gasteiger partial charge in [-0.2, -0.15) is 0 Å². The Bertz CT molecular complexity index is 410. The number of phenols is 1. The number of hydrogen-bond donors (Lipinski definition) is 2. The van der Waals surface area contributed by atoms with Gasteiger partial charge in [0, 0.05) is 5.02 Å². The minimum Gasteiger partial charge on any atom is -0.508 e. The summed E-state index contributed by atoms with van der Waals surface area (Å²) in [4.78, 5) is 11.0. The topological polar surface area (TPSA) is 57.5 Å². The molecule has 1 aromatic carbocycles. The lowest BCUT2D eigenvalue weighted by Gasteiger charge is -2.10. The fourth-order valence-corrected chi connectivity index (χ4v) is 1.83. The molecule has 2 rings (SSSR count). The van der Waals surface area contributed by atoms with Gasteiger partial charge in [0.05, 0.1) is 5.41 Å². The molecule has 1 aliphatic carbocycles. The summed E-state index contributed by atoms with van der Waals surface area (Å²) in [5.41, 5.74) is 0.00462. The van der Waals surface area contributed by atoms with E-state index in [1.807, 2.05) is 0 Å². The highest BCUT2D eigenvalue weighted by atomic mass is 35.5. The monoisotopic (exact) mass is 226 g/mol. The van der Waals surface area contributed by atoms with Crippen molar-refractivity contribution < 1.29 is 15.0 Å². The van der Waals surface area contributed by atoms with Crippen LogP contribution in [0.4, 0.5) is 0 Å². The Morgan fingerprint density at radius 2 is 2.13 bits per heavy atom. The fourth-order valence-electron chi connectivity index (χ4n) is 1.67. The number of halogens is 1. The first-order valence-electron chi connectivity index (χ1n) is 4.74. The van der Waals surface area contributed by atoms with Crippen LogP contribution in [-0.2, 0) is 11.2 Å². The molecule has 80 valence electrons. The van der Waals surface area contributed by atoms with Crippen LogP contribution in [0.25, 0.3) is 0 Å². The molecule has 0 amide bonds. The Hall–Kier alpha value is -1.22. The van der Waals surface area contributed by atoms with E-state index in [0.717, 1.165) is 0 Å². The van der Waals surface area contributed by atoms with E-state index in [2.05, 4.69) is 0 Å². The lowest BCUT2D eigenvalue weighted by molar-refractivity contribution is -0.143. The second-order valence-corrected chi connectivity index (χ2v) is 4.47. The highest BCUT2D eigenvalue weighted by Gasteiger charge is 2.50. The largest absolute Gasteiger partial charge is 0.508 e. The van der Waals surface area contributed by atoms with Crippen LogP contribution in [0, 0.1) is 5.41 Å². The standard InChI is InChI=1S/C11H11ClO3/c12-8-2-1-7(9(13)5-8)6-11(3-4-11)10(14)15/h1-2,5,13H,3-4,6H2,(H,14,15). The molecule has 15 heavy (non-hydrogen) atoms. The number of carbonyl (C=O) groups is 1. The number of carboxylic acids is 1. The number of phenolic OH excluding ortho intramolecular Hbond substituents is 1. The Kier molecular flexibility index (Phi) is 2.35. The van der Waals surface area contributed by atoms with Crippen molar-refractivity contribution in [2.75, 3.05) is 0 Å². The molecular weight excluding hydrogens is 216 g/mol. The fraction of sp³-hybridized carbons (Fsp3) is 0.364. The second kappa shape index (κ2) is 3.42. The van der Waals surface area contributed by atoms with Crippen molar-refractivity contribution in [3.8, 4) is 5.75 Å². The average Bonchev–Trinajstić information content (AvgIpc) is 2.91. The van der Waals surface area contributed by atoms with E-state index >= 15 is 0 Å². The molecule has 0 radical (unpaired) electrons. The molecule has 1 aliphatic rings. The van der Waals surface area contributed by atoms with Gasteiger partial charge in [-0.25, -0.2) is 0 Å². The van der Waals surface area contributed by atoms with Crippen LogP contribution in [0.15, 0.2) is 18.2 Å². The molecule has 0 aliphatic heterocycles. The summed E-state index contributed by atoms with van der Waals surface area (Å²) in [5.74, 6) is -0.702. The van der Waals surface area contributed by atoms with Crippen LogP contribution in [0.5, 0.6) is 5.75 Å². The van der Waals surface area contributed by atoms with Crippen LogP contribution in [0.3, 0.4) is 0 Å². The first-order chi connectivity index (χ1) is 7.03. The summed E-state index contributed by atoms with van der Waals surface area (Å²) in [6, 6.07) is 4.78. The molecule has 1 fully saturated rings. The minimum atomic E-state index is -0.781. The normalized spacial score (nSPS) is 17.4. The van der Waals surface area contributed by atoms with Crippen molar-refractivity contribution in [3.63, 3.8) is 0 Å². The smallest absolute Gasteiger partial charge is 0.309 e. The summed E-state index contributed by atoms with van der Waals surface area (Å²) in [5, 5.41) is 19.0. The molecule has 0 aromatic heterocycles. The van der Waals surface area contributed by atoms with Crippen LogP contribution >= 0.6 is 11.6 Å². The van der Waals surface area contributed by atoms with E-state index in [-0.39, 0.29) is 5.75 Å². The molecular formula is C11H11ClO3. The van der Waals surface area contributed by atoms with Gasteiger partial charge in [0.1, 0.15) is 5.75 Å². The molecule has 1 aromatic rings. The maximum absolute atomic E-state index is 11.0. The highest BCUT2D eigenvalue weighted by Crippen LogP contribution is 2.49. The van der Waals surface area contributed by atoms with Crippen molar-refractivity contribution in [2.24, 2.45) is 5.41 Å². The SMILES string of the molecule is O=C(O)C1(Cc2ccc(Cl)cc2O)CC1. The first kappa shape index (κ1) is 10.3. The lowest BCUT2D eigenvalue weighted by Crippen LogP contribution is -2.17. The van der Waals surface area contributed by atoms with Gasteiger partial charge in [-0.15, -0.1) is 0 Å². The minimum absolute atomic E-state index is 0.0787. The maximum Gasteiger partial charge on any atom is 0.309 e. The van der Waals surface area contributed by atoms with Gasteiger partial charge in [0.15, 0.2) is 0 Å². The van der Waals surface area contributed by atoms with Crippen LogP contribution in [0.2, 0.25) is 5.02 Å². The first-order valence-corrected chi connectivity index (χ1v) is 5.12. The van der Waals surface area contributed by atoms with Crippen molar-refractivity contribution in [1.29, 1.82) is 0 Å². The van der Waals surface area contributed by atoms with Crippen molar-refractivity contribution >= 4 is 17.6 Å². The second-order valence-electron chi connectivity index (χ2n) is 4.04.